The molecule has 156 valence electrons. The number of nitrogens with zero attached hydrogens (tertiary/aromatic N) is 2. The smallest absolute Gasteiger partial charge is 0.166 e. The van der Waals surface area contributed by atoms with Gasteiger partial charge in [0.25, 0.3) is 0 Å². The van der Waals surface area contributed by atoms with E-state index in [2.05, 4.69) is 33.4 Å². The molecule has 1 aliphatic heterocycles. The van der Waals surface area contributed by atoms with Gasteiger partial charge >= 0.3 is 0 Å². The number of piperazine rings is 1. The lowest BCUT2D eigenvalue weighted by molar-refractivity contribution is 0.214. The van der Waals surface area contributed by atoms with E-state index >= 15 is 0 Å². The first kappa shape index (κ1) is 21.9. The molecule has 1 aromatic rings. The lowest BCUT2D eigenvalue weighted by atomic mass is 9.84. The fourth-order valence-corrected chi connectivity index (χ4v) is 5.03. The van der Waals surface area contributed by atoms with Crippen molar-refractivity contribution in [2.75, 3.05) is 44.2 Å². The van der Waals surface area contributed by atoms with Crippen LogP contribution in [0.4, 0.5) is 5.69 Å². The molecule has 0 spiro atoms. The third-order valence-corrected chi connectivity index (χ3v) is 7.09. The van der Waals surface area contributed by atoms with Crippen LogP contribution >= 0.6 is 35.4 Å². The van der Waals surface area contributed by atoms with Gasteiger partial charge in [0.05, 0.1) is 15.7 Å². The van der Waals surface area contributed by atoms with E-state index in [0.29, 0.717) is 16.1 Å². The van der Waals surface area contributed by atoms with Crippen LogP contribution in [0.25, 0.3) is 0 Å². The molecule has 1 aromatic carbocycles. The summed E-state index contributed by atoms with van der Waals surface area (Å²) >= 11 is 17.9. The number of thiocarbonyl (C=S) groups is 1. The van der Waals surface area contributed by atoms with Crippen molar-refractivity contribution >= 4 is 46.2 Å². The van der Waals surface area contributed by atoms with Crippen molar-refractivity contribution in [3.05, 3.63) is 28.2 Å². The lowest BCUT2D eigenvalue weighted by Crippen LogP contribution is -2.47. The Kier molecular flexibility index (Phi) is 8.52. The van der Waals surface area contributed by atoms with Gasteiger partial charge in [-0.1, -0.05) is 29.3 Å². The molecule has 0 atom stereocenters. The molecule has 3 rings (SSSR count). The van der Waals surface area contributed by atoms with Crippen molar-refractivity contribution in [2.24, 2.45) is 5.92 Å². The zero-order valence-corrected chi connectivity index (χ0v) is 19.1. The van der Waals surface area contributed by atoms with Crippen LogP contribution in [-0.2, 0) is 0 Å². The average Bonchev–Trinajstić information content (AvgIpc) is 2.70. The molecular formula is C21H32Cl2N4S. The molecule has 1 aliphatic carbocycles. The van der Waals surface area contributed by atoms with E-state index in [1.165, 1.54) is 38.6 Å². The Morgan fingerprint density at radius 2 is 1.82 bits per heavy atom. The summed E-state index contributed by atoms with van der Waals surface area (Å²) in [5.41, 5.74) is 1.06. The highest BCUT2D eigenvalue weighted by molar-refractivity contribution is 7.80. The minimum absolute atomic E-state index is 0.550. The van der Waals surface area contributed by atoms with Gasteiger partial charge in [0.2, 0.25) is 0 Å². The number of benzene rings is 1. The largest absolute Gasteiger partial charge is 0.368 e. The molecule has 1 saturated heterocycles. The quantitative estimate of drug-likeness (QED) is 0.630. The SMILES string of the molecule is CCNC(=S)N[C@H]1CC[C@H](CCN2CCN(c3cccc(Cl)c3Cl)CC2)CC1. The number of halogens is 2. The zero-order chi connectivity index (χ0) is 19.9. The lowest BCUT2D eigenvalue weighted by Gasteiger charge is -2.37. The molecule has 2 aliphatic rings. The summed E-state index contributed by atoms with van der Waals surface area (Å²) in [7, 11) is 0. The van der Waals surface area contributed by atoms with Gasteiger partial charge in [-0.25, -0.2) is 0 Å². The van der Waals surface area contributed by atoms with E-state index in [9.17, 15) is 0 Å². The predicted molar refractivity (Wildman–Crippen MR) is 125 cm³/mol. The average molecular weight is 443 g/mol. The standard InChI is InChI=1S/C21H32Cl2N4S/c1-2-24-21(28)25-17-8-6-16(7-9-17)10-11-26-12-14-27(15-13-26)19-5-3-4-18(22)20(19)23/h3-5,16-17H,2,6-15H2,1H3,(H2,24,25,28)/t16-,17-. The van der Waals surface area contributed by atoms with E-state index < -0.39 is 0 Å². The molecule has 1 heterocycles. The normalized spacial score (nSPS) is 23.5. The summed E-state index contributed by atoms with van der Waals surface area (Å²) in [6.07, 6.45) is 6.39. The van der Waals surface area contributed by atoms with Crippen LogP contribution in [0.1, 0.15) is 39.0 Å². The van der Waals surface area contributed by atoms with Crippen LogP contribution < -0.4 is 15.5 Å². The summed E-state index contributed by atoms with van der Waals surface area (Å²) in [5.74, 6) is 0.853. The minimum atomic E-state index is 0.550. The molecule has 2 N–H and O–H groups in total. The van der Waals surface area contributed by atoms with Crippen molar-refractivity contribution in [2.45, 2.75) is 45.1 Å². The second-order valence-corrected chi connectivity index (χ2v) is 9.11. The van der Waals surface area contributed by atoms with Crippen molar-refractivity contribution < 1.29 is 0 Å². The molecule has 7 heteroatoms. The van der Waals surface area contributed by atoms with Gasteiger partial charge < -0.3 is 15.5 Å². The predicted octanol–water partition coefficient (Wildman–Crippen LogP) is 4.55. The van der Waals surface area contributed by atoms with E-state index in [4.69, 9.17) is 35.4 Å². The van der Waals surface area contributed by atoms with Crippen LogP contribution in [-0.4, -0.2) is 55.3 Å². The topological polar surface area (TPSA) is 30.5 Å². The van der Waals surface area contributed by atoms with E-state index in [0.717, 1.165) is 49.4 Å². The Morgan fingerprint density at radius 3 is 2.50 bits per heavy atom. The second-order valence-electron chi connectivity index (χ2n) is 7.91. The number of nitrogens with one attached hydrogen (secondary N) is 2. The Bertz CT molecular complexity index is 641. The summed E-state index contributed by atoms with van der Waals surface area (Å²) in [6, 6.07) is 6.44. The third kappa shape index (κ3) is 6.12. The highest BCUT2D eigenvalue weighted by Crippen LogP contribution is 2.33. The maximum atomic E-state index is 6.38. The van der Waals surface area contributed by atoms with Crippen molar-refractivity contribution in [3.8, 4) is 0 Å². The summed E-state index contributed by atoms with van der Waals surface area (Å²) in [6.45, 7) is 8.38. The van der Waals surface area contributed by atoms with E-state index in [1.54, 1.807) is 0 Å². The summed E-state index contributed by atoms with van der Waals surface area (Å²) < 4.78 is 0. The summed E-state index contributed by atoms with van der Waals surface area (Å²) in [4.78, 5) is 4.95. The molecule has 2 fully saturated rings. The van der Waals surface area contributed by atoms with Crippen molar-refractivity contribution in [3.63, 3.8) is 0 Å². The van der Waals surface area contributed by atoms with Gasteiger partial charge in [-0.05, 0) is 75.8 Å². The maximum absolute atomic E-state index is 6.38. The highest BCUT2D eigenvalue weighted by atomic mass is 35.5. The molecule has 0 bridgehead atoms. The Hall–Kier alpha value is -0.750. The van der Waals surface area contributed by atoms with Gasteiger partial charge in [0.1, 0.15) is 0 Å². The van der Waals surface area contributed by atoms with Crippen molar-refractivity contribution in [1.82, 2.24) is 15.5 Å². The maximum Gasteiger partial charge on any atom is 0.166 e. The molecule has 28 heavy (non-hydrogen) atoms. The second kappa shape index (κ2) is 10.9. The Morgan fingerprint density at radius 1 is 1.11 bits per heavy atom. The number of hydrogen-bond donors (Lipinski definition) is 2. The van der Waals surface area contributed by atoms with E-state index in [1.807, 2.05) is 12.1 Å². The monoisotopic (exact) mass is 442 g/mol. The van der Waals surface area contributed by atoms with Gasteiger partial charge in [-0.15, -0.1) is 0 Å². The molecule has 0 amide bonds. The summed E-state index contributed by atoms with van der Waals surface area (Å²) in [5, 5.41) is 8.77. The van der Waals surface area contributed by atoms with Gasteiger partial charge in [0, 0.05) is 38.8 Å². The van der Waals surface area contributed by atoms with Crippen LogP contribution in [0.3, 0.4) is 0 Å². The molecule has 4 nitrogen and oxygen atoms in total. The van der Waals surface area contributed by atoms with Crippen molar-refractivity contribution in [1.29, 1.82) is 0 Å². The fraction of sp³-hybridized carbons (Fsp3) is 0.667. The first-order valence-electron chi connectivity index (χ1n) is 10.5. The van der Waals surface area contributed by atoms with Gasteiger partial charge in [-0.3, -0.25) is 4.90 Å². The molecular weight excluding hydrogens is 411 g/mol. The van der Waals surface area contributed by atoms with Gasteiger partial charge in [0.15, 0.2) is 5.11 Å². The van der Waals surface area contributed by atoms with E-state index in [-0.39, 0.29) is 0 Å². The molecule has 0 unspecified atom stereocenters. The first-order valence-corrected chi connectivity index (χ1v) is 11.7. The zero-order valence-electron chi connectivity index (χ0n) is 16.7. The number of hydrogen-bond acceptors (Lipinski definition) is 3. The number of rotatable bonds is 6. The highest BCUT2D eigenvalue weighted by Gasteiger charge is 2.24. The Labute approximate surface area is 184 Å². The fourth-order valence-electron chi connectivity index (χ4n) is 4.31. The third-order valence-electron chi connectivity index (χ3n) is 6.02. The molecule has 1 saturated carbocycles. The van der Waals surface area contributed by atoms with Crippen LogP contribution in [0.2, 0.25) is 10.0 Å². The Balaban J connectivity index is 1.35. The molecule has 0 aromatic heterocycles. The van der Waals surface area contributed by atoms with Gasteiger partial charge in [-0.2, -0.15) is 0 Å². The first-order chi connectivity index (χ1) is 13.6. The van der Waals surface area contributed by atoms with Crippen LogP contribution in [0.15, 0.2) is 18.2 Å². The molecule has 0 radical (unpaired) electrons. The van der Waals surface area contributed by atoms with Crippen LogP contribution in [0, 0.1) is 5.92 Å². The van der Waals surface area contributed by atoms with Crippen LogP contribution in [0.5, 0.6) is 0 Å². The minimum Gasteiger partial charge on any atom is -0.368 e. The number of anilines is 1.